The van der Waals surface area contributed by atoms with Crippen molar-refractivity contribution < 1.29 is 4.79 Å². The number of halogens is 1. The number of pyridine rings is 1. The van der Waals surface area contributed by atoms with Crippen molar-refractivity contribution in [2.75, 3.05) is 6.54 Å². The van der Waals surface area contributed by atoms with Crippen molar-refractivity contribution in [1.29, 1.82) is 0 Å². The summed E-state index contributed by atoms with van der Waals surface area (Å²) < 4.78 is 2.56. The molecule has 23 heavy (non-hydrogen) atoms. The summed E-state index contributed by atoms with van der Waals surface area (Å²) in [7, 11) is 0. The lowest BCUT2D eigenvalue weighted by Gasteiger charge is -2.05. The molecule has 0 bridgehead atoms. The van der Waals surface area contributed by atoms with E-state index in [1.165, 1.54) is 4.40 Å². The van der Waals surface area contributed by atoms with Crippen molar-refractivity contribution in [3.8, 4) is 0 Å². The van der Waals surface area contributed by atoms with Gasteiger partial charge in [-0.25, -0.2) is 9.48 Å². The number of carbonyl (C=O) groups excluding carboxylic acids is 1. The van der Waals surface area contributed by atoms with Gasteiger partial charge in [-0.05, 0) is 36.2 Å². The highest BCUT2D eigenvalue weighted by atomic mass is 35.5. The van der Waals surface area contributed by atoms with E-state index in [4.69, 9.17) is 11.6 Å². The zero-order valence-electron chi connectivity index (χ0n) is 12.3. The number of amides is 1. The van der Waals surface area contributed by atoms with Gasteiger partial charge in [0.1, 0.15) is 6.54 Å². The fourth-order valence-corrected chi connectivity index (χ4v) is 2.39. The van der Waals surface area contributed by atoms with E-state index in [-0.39, 0.29) is 18.1 Å². The van der Waals surface area contributed by atoms with Gasteiger partial charge in [0.25, 0.3) is 0 Å². The molecule has 3 rings (SSSR count). The van der Waals surface area contributed by atoms with Crippen LogP contribution in [-0.2, 0) is 17.8 Å². The second-order valence-corrected chi connectivity index (χ2v) is 5.53. The first-order valence-electron chi connectivity index (χ1n) is 7.19. The van der Waals surface area contributed by atoms with Crippen molar-refractivity contribution in [3.63, 3.8) is 0 Å². The summed E-state index contributed by atoms with van der Waals surface area (Å²) in [6.45, 7) is 0.393. The zero-order chi connectivity index (χ0) is 16.2. The van der Waals surface area contributed by atoms with Crippen molar-refractivity contribution in [2.24, 2.45) is 0 Å². The van der Waals surface area contributed by atoms with Gasteiger partial charge in [-0.15, -0.1) is 5.10 Å². The van der Waals surface area contributed by atoms with Gasteiger partial charge in [0.15, 0.2) is 5.65 Å². The molecule has 0 saturated heterocycles. The Balaban J connectivity index is 1.57. The standard InChI is InChI=1S/C16H15ClN4O2/c17-13-6-4-12(5-7-13)8-9-18-15(22)11-21-16(23)20-10-2-1-3-14(20)19-21/h1-7,10H,8-9,11H2,(H,18,22). The summed E-state index contributed by atoms with van der Waals surface area (Å²) in [6, 6.07) is 12.7. The lowest BCUT2D eigenvalue weighted by atomic mass is 10.1. The summed E-state index contributed by atoms with van der Waals surface area (Å²) in [5, 5.41) is 7.59. The summed E-state index contributed by atoms with van der Waals surface area (Å²) in [6.07, 6.45) is 2.32. The molecule has 7 heteroatoms. The lowest BCUT2D eigenvalue weighted by molar-refractivity contribution is -0.121. The SMILES string of the molecule is O=C(Cn1nc2ccccn2c1=O)NCCc1ccc(Cl)cc1. The number of rotatable bonds is 5. The summed E-state index contributed by atoms with van der Waals surface area (Å²) in [4.78, 5) is 24.0. The number of nitrogens with one attached hydrogen (secondary N) is 1. The molecule has 0 unspecified atom stereocenters. The molecule has 0 atom stereocenters. The van der Waals surface area contributed by atoms with Gasteiger partial charge in [0, 0.05) is 17.8 Å². The second kappa shape index (κ2) is 6.66. The van der Waals surface area contributed by atoms with E-state index < -0.39 is 0 Å². The normalized spacial score (nSPS) is 10.8. The van der Waals surface area contributed by atoms with Crippen LogP contribution in [0.15, 0.2) is 53.5 Å². The molecule has 0 aliphatic carbocycles. The molecule has 0 spiro atoms. The predicted octanol–water partition coefficient (Wildman–Crippen LogP) is 1.51. The number of carbonyl (C=O) groups is 1. The number of benzene rings is 1. The number of nitrogens with zero attached hydrogens (tertiary/aromatic N) is 3. The molecule has 1 amide bonds. The van der Waals surface area contributed by atoms with E-state index in [2.05, 4.69) is 10.4 Å². The van der Waals surface area contributed by atoms with Crippen LogP contribution < -0.4 is 11.0 Å². The van der Waals surface area contributed by atoms with Crippen LogP contribution in [-0.4, -0.2) is 26.6 Å². The minimum absolute atomic E-state index is 0.0961. The van der Waals surface area contributed by atoms with E-state index in [9.17, 15) is 9.59 Å². The van der Waals surface area contributed by atoms with E-state index in [0.29, 0.717) is 23.6 Å². The highest BCUT2D eigenvalue weighted by molar-refractivity contribution is 6.30. The highest BCUT2D eigenvalue weighted by Gasteiger charge is 2.09. The number of hydrogen-bond donors (Lipinski definition) is 1. The third kappa shape index (κ3) is 3.60. The smallest absolute Gasteiger partial charge is 0.350 e. The number of aromatic nitrogens is 3. The molecule has 0 saturated carbocycles. The van der Waals surface area contributed by atoms with Crippen molar-refractivity contribution in [1.82, 2.24) is 19.5 Å². The van der Waals surface area contributed by atoms with Gasteiger partial charge in [-0.3, -0.25) is 9.20 Å². The third-order valence-electron chi connectivity index (χ3n) is 3.43. The maximum absolute atomic E-state index is 12.1. The first-order valence-corrected chi connectivity index (χ1v) is 7.56. The maximum atomic E-state index is 12.1. The Hall–Kier alpha value is -2.60. The van der Waals surface area contributed by atoms with Gasteiger partial charge in [0.2, 0.25) is 5.91 Å². The van der Waals surface area contributed by atoms with Crippen LogP contribution in [0.2, 0.25) is 5.02 Å². The molecule has 2 aromatic heterocycles. The molecule has 0 aliphatic rings. The molecule has 0 aliphatic heterocycles. The molecule has 1 N–H and O–H groups in total. The maximum Gasteiger partial charge on any atom is 0.350 e. The van der Waals surface area contributed by atoms with Gasteiger partial charge < -0.3 is 5.32 Å². The Bertz CT molecular complexity index is 883. The van der Waals surface area contributed by atoms with E-state index >= 15 is 0 Å². The lowest BCUT2D eigenvalue weighted by Crippen LogP contribution is -2.33. The largest absolute Gasteiger partial charge is 0.354 e. The van der Waals surface area contributed by atoms with Crippen LogP contribution in [0.3, 0.4) is 0 Å². The van der Waals surface area contributed by atoms with E-state index in [1.807, 2.05) is 24.3 Å². The first-order chi connectivity index (χ1) is 11.1. The van der Waals surface area contributed by atoms with Crippen LogP contribution in [0.4, 0.5) is 0 Å². The Morgan fingerprint density at radius 2 is 1.96 bits per heavy atom. The van der Waals surface area contributed by atoms with Gasteiger partial charge >= 0.3 is 5.69 Å². The van der Waals surface area contributed by atoms with Crippen LogP contribution in [0, 0.1) is 0 Å². The predicted molar refractivity (Wildman–Crippen MR) is 87.6 cm³/mol. The monoisotopic (exact) mass is 330 g/mol. The van der Waals surface area contributed by atoms with Crippen LogP contribution in [0.5, 0.6) is 0 Å². The van der Waals surface area contributed by atoms with E-state index in [1.54, 1.807) is 24.4 Å². The molecule has 0 radical (unpaired) electrons. The fourth-order valence-electron chi connectivity index (χ4n) is 2.26. The third-order valence-corrected chi connectivity index (χ3v) is 3.68. The van der Waals surface area contributed by atoms with Crippen molar-refractivity contribution in [3.05, 3.63) is 69.7 Å². The van der Waals surface area contributed by atoms with Gasteiger partial charge in [-0.1, -0.05) is 29.8 Å². The van der Waals surface area contributed by atoms with Crippen LogP contribution in [0.25, 0.3) is 5.65 Å². The molecule has 6 nitrogen and oxygen atoms in total. The van der Waals surface area contributed by atoms with Crippen molar-refractivity contribution in [2.45, 2.75) is 13.0 Å². The molecular weight excluding hydrogens is 316 g/mol. The Labute approximate surface area is 137 Å². The highest BCUT2D eigenvalue weighted by Crippen LogP contribution is 2.09. The van der Waals surface area contributed by atoms with Crippen LogP contribution in [0.1, 0.15) is 5.56 Å². The summed E-state index contributed by atoms with van der Waals surface area (Å²) >= 11 is 5.82. The average Bonchev–Trinajstić information content (AvgIpc) is 2.86. The fraction of sp³-hybridized carbons (Fsp3) is 0.188. The molecular formula is C16H15ClN4O2. The van der Waals surface area contributed by atoms with E-state index in [0.717, 1.165) is 10.2 Å². The average molecular weight is 331 g/mol. The zero-order valence-corrected chi connectivity index (χ0v) is 13.0. The first kappa shape index (κ1) is 15.3. The topological polar surface area (TPSA) is 68.4 Å². The van der Waals surface area contributed by atoms with Gasteiger partial charge in [0.05, 0.1) is 0 Å². The Kier molecular flexibility index (Phi) is 4.43. The number of hydrogen-bond acceptors (Lipinski definition) is 3. The quantitative estimate of drug-likeness (QED) is 0.771. The minimum Gasteiger partial charge on any atom is -0.354 e. The molecule has 1 aromatic carbocycles. The second-order valence-electron chi connectivity index (χ2n) is 5.10. The van der Waals surface area contributed by atoms with Crippen molar-refractivity contribution >= 4 is 23.2 Å². The summed E-state index contributed by atoms with van der Waals surface area (Å²) in [5.74, 6) is -0.246. The summed E-state index contributed by atoms with van der Waals surface area (Å²) in [5.41, 5.74) is 1.28. The molecule has 0 fully saturated rings. The van der Waals surface area contributed by atoms with Crippen LogP contribution >= 0.6 is 11.6 Å². The Morgan fingerprint density at radius 1 is 1.17 bits per heavy atom. The number of fused-ring (bicyclic) bond motifs is 1. The Morgan fingerprint density at radius 3 is 2.70 bits per heavy atom. The molecule has 2 heterocycles. The van der Waals surface area contributed by atoms with Gasteiger partial charge in [-0.2, -0.15) is 0 Å². The minimum atomic E-state index is -0.326. The molecule has 118 valence electrons. The molecule has 3 aromatic rings.